The first-order valence-electron chi connectivity index (χ1n) is 5.51. The van der Waals surface area contributed by atoms with Gasteiger partial charge < -0.3 is 5.32 Å². The van der Waals surface area contributed by atoms with Crippen LogP contribution in [0.3, 0.4) is 0 Å². The lowest BCUT2D eigenvalue weighted by Crippen LogP contribution is -2.18. The van der Waals surface area contributed by atoms with E-state index in [0.29, 0.717) is 17.6 Å². The third-order valence-corrected chi connectivity index (χ3v) is 2.98. The molecular weight excluding hydrogens is 207 g/mol. The summed E-state index contributed by atoms with van der Waals surface area (Å²) >= 11 is 0. The lowest BCUT2D eigenvalue weighted by atomic mass is 10.2. The molecule has 0 aromatic carbocycles. The van der Waals surface area contributed by atoms with Crippen LogP contribution in [0.1, 0.15) is 19.8 Å². The Kier molecular flexibility index (Phi) is 2.05. The van der Waals surface area contributed by atoms with Gasteiger partial charge in [0.15, 0.2) is 5.65 Å². The Morgan fingerprint density at radius 3 is 3.06 bits per heavy atom. The summed E-state index contributed by atoms with van der Waals surface area (Å²) in [5.74, 6) is 1.01. The fourth-order valence-corrected chi connectivity index (χ4v) is 1.84. The van der Waals surface area contributed by atoms with E-state index >= 15 is 0 Å². The first-order valence-corrected chi connectivity index (χ1v) is 5.51. The Hall–Kier alpha value is -1.65. The summed E-state index contributed by atoms with van der Waals surface area (Å²) in [4.78, 5) is 4.28. The second-order valence-corrected chi connectivity index (χ2v) is 4.36. The fraction of sp³-hybridized carbons (Fsp3) is 0.455. The molecule has 1 aliphatic rings. The minimum Gasteiger partial charge on any atom is -0.350 e. The van der Waals surface area contributed by atoms with E-state index in [9.17, 15) is 4.39 Å². The first-order chi connectivity index (χ1) is 7.72. The van der Waals surface area contributed by atoms with Crippen LogP contribution in [0, 0.1) is 11.7 Å². The summed E-state index contributed by atoms with van der Waals surface area (Å²) in [5.41, 5.74) is 0.659. The number of pyridine rings is 1. The maximum absolute atomic E-state index is 12.9. The van der Waals surface area contributed by atoms with E-state index in [4.69, 9.17) is 0 Å². The van der Waals surface area contributed by atoms with Gasteiger partial charge >= 0.3 is 0 Å². The van der Waals surface area contributed by atoms with Crippen molar-refractivity contribution in [2.45, 2.75) is 25.8 Å². The third kappa shape index (κ3) is 1.73. The van der Waals surface area contributed by atoms with Crippen molar-refractivity contribution in [3.05, 3.63) is 24.1 Å². The molecule has 16 heavy (non-hydrogen) atoms. The Morgan fingerprint density at radius 1 is 1.50 bits per heavy atom. The summed E-state index contributed by atoms with van der Waals surface area (Å²) in [7, 11) is 0. The van der Waals surface area contributed by atoms with Crippen molar-refractivity contribution < 1.29 is 4.39 Å². The number of aromatic nitrogens is 3. The standard InChI is InChI=1S/C11H13FN4/c1-7(8-2-3-8)13-11-14-10-5-4-9(12)6-16(10)15-11/h4-8H,2-3H2,1H3,(H,13,15). The maximum Gasteiger partial charge on any atom is 0.243 e. The number of halogens is 1. The van der Waals surface area contributed by atoms with Crippen LogP contribution in [0.25, 0.3) is 5.65 Å². The normalized spacial score (nSPS) is 17.6. The van der Waals surface area contributed by atoms with Crippen molar-refractivity contribution in [1.29, 1.82) is 0 Å². The number of nitrogens with one attached hydrogen (secondary N) is 1. The molecule has 2 heterocycles. The maximum atomic E-state index is 12.9. The molecule has 3 rings (SSSR count). The molecule has 5 heteroatoms. The second-order valence-electron chi connectivity index (χ2n) is 4.36. The Morgan fingerprint density at radius 2 is 2.31 bits per heavy atom. The molecule has 1 saturated carbocycles. The summed E-state index contributed by atoms with van der Waals surface area (Å²) < 4.78 is 14.4. The van der Waals surface area contributed by atoms with Gasteiger partial charge in [0.25, 0.3) is 0 Å². The zero-order valence-corrected chi connectivity index (χ0v) is 9.02. The molecule has 4 nitrogen and oxygen atoms in total. The van der Waals surface area contributed by atoms with Gasteiger partial charge in [0.2, 0.25) is 5.95 Å². The van der Waals surface area contributed by atoms with Gasteiger partial charge in [0.05, 0.1) is 6.20 Å². The molecule has 1 fully saturated rings. The summed E-state index contributed by atoms with van der Waals surface area (Å²) in [6, 6.07) is 3.40. The minimum absolute atomic E-state index is 0.306. The van der Waals surface area contributed by atoms with Crippen LogP contribution in [-0.2, 0) is 0 Å². The van der Waals surface area contributed by atoms with Gasteiger partial charge in [-0.1, -0.05) is 0 Å². The number of nitrogens with zero attached hydrogens (tertiary/aromatic N) is 3. The minimum atomic E-state index is -0.306. The van der Waals surface area contributed by atoms with Crippen molar-refractivity contribution in [3.63, 3.8) is 0 Å². The van der Waals surface area contributed by atoms with Gasteiger partial charge in [-0.05, 0) is 37.8 Å². The monoisotopic (exact) mass is 220 g/mol. The number of fused-ring (bicyclic) bond motifs is 1. The van der Waals surface area contributed by atoms with Gasteiger partial charge in [-0.25, -0.2) is 8.91 Å². The van der Waals surface area contributed by atoms with Gasteiger partial charge in [-0.2, -0.15) is 4.98 Å². The molecule has 0 saturated heterocycles. The van der Waals surface area contributed by atoms with Crippen molar-refractivity contribution >= 4 is 11.6 Å². The molecule has 0 bridgehead atoms. The number of rotatable bonds is 3. The molecule has 1 atom stereocenters. The molecule has 1 aliphatic carbocycles. The average molecular weight is 220 g/mol. The average Bonchev–Trinajstić information content (AvgIpc) is 3.00. The van der Waals surface area contributed by atoms with Gasteiger partial charge in [0.1, 0.15) is 5.82 Å². The van der Waals surface area contributed by atoms with Crippen molar-refractivity contribution in [2.75, 3.05) is 5.32 Å². The summed E-state index contributed by atoms with van der Waals surface area (Å²) in [6.07, 6.45) is 3.88. The van der Waals surface area contributed by atoms with Crippen LogP contribution in [0.2, 0.25) is 0 Å². The largest absolute Gasteiger partial charge is 0.350 e. The van der Waals surface area contributed by atoms with Crippen molar-refractivity contribution in [2.24, 2.45) is 5.92 Å². The van der Waals surface area contributed by atoms with Gasteiger partial charge in [-0.15, -0.1) is 5.10 Å². The second kappa shape index (κ2) is 3.43. The van der Waals surface area contributed by atoms with Gasteiger partial charge in [-0.3, -0.25) is 0 Å². The quantitative estimate of drug-likeness (QED) is 0.861. The predicted molar refractivity (Wildman–Crippen MR) is 58.8 cm³/mol. The Balaban J connectivity index is 1.86. The van der Waals surface area contributed by atoms with E-state index in [1.54, 1.807) is 6.07 Å². The smallest absolute Gasteiger partial charge is 0.243 e. The molecule has 0 spiro atoms. The molecule has 0 amide bonds. The predicted octanol–water partition coefficient (Wildman–Crippen LogP) is 2.08. The number of hydrogen-bond acceptors (Lipinski definition) is 3. The van der Waals surface area contributed by atoms with E-state index < -0.39 is 0 Å². The van der Waals surface area contributed by atoms with Crippen molar-refractivity contribution in [1.82, 2.24) is 14.6 Å². The van der Waals surface area contributed by atoms with Crippen molar-refractivity contribution in [3.8, 4) is 0 Å². The first kappa shape index (κ1) is 9.57. The van der Waals surface area contributed by atoms with E-state index in [2.05, 4.69) is 22.3 Å². The van der Waals surface area contributed by atoms with Crippen LogP contribution in [-0.4, -0.2) is 20.6 Å². The van der Waals surface area contributed by atoms with Crippen LogP contribution in [0.5, 0.6) is 0 Å². The molecule has 84 valence electrons. The van der Waals surface area contributed by atoms with E-state index in [1.165, 1.54) is 29.6 Å². The van der Waals surface area contributed by atoms with E-state index in [-0.39, 0.29) is 5.82 Å². The lowest BCUT2D eigenvalue weighted by Gasteiger charge is -2.09. The fourth-order valence-electron chi connectivity index (χ4n) is 1.84. The highest BCUT2D eigenvalue weighted by atomic mass is 19.1. The topological polar surface area (TPSA) is 42.2 Å². The van der Waals surface area contributed by atoms with E-state index in [0.717, 1.165) is 5.92 Å². The summed E-state index contributed by atoms with van der Waals surface area (Å²) in [5, 5.41) is 7.43. The SMILES string of the molecule is CC(Nc1nc2ccc(F)cn2n1)C1CC1. The van der Waals surface area contributed by atoms with Crippen LogP contribution in [0.15, 0.2) is 18.3 Å². The molecule has 0 radical (unpaired) electrons. The Bertz CT molecular complexity index is 518. The highest BCUT2D eigenvalue weighted by Crippen LogP contribution is 2.33. The molecular formula is C11H13FN4. The molecule has 1 unspecified atom stereocenters. The molecule has 0 aliphatic heterocycles. The number of anilines is 1. The summed E-state index contributed by atoms with van der Waals surface area (Å²) in [6.45, 7) is 2.13. The van der Waals surface area contributed by atoms with E-state index in [1.807, 2.05) is 0 Å². The lowest BCUT2D eigenvalue weighted by molar-refractivity contribution is 0.614. The Labute approximate surface area is 92.5 Å². The molecule has 1 N–H and O–H groups in total. The highest BCUT2D eigenvalue weighted by molar-refractivity contribution is 5.43. The zero-order valence-electron chi connectivity index (χ0n) is 9.02. The highest BCUT2D eigenvalue weighted by Gasteiger charge is 2.28. The molecule has 2 aromatic heterocycles. The van der Waals surface area contributed by atoms with Gasteiger partial charge in [0, 0.05) is 6.04 Å². The van der Waals surface area contributed by atoms with Crippen LogP contribution < -0.4 is 5.32 Å². The van der Waals surface area contributed by atoms with Crippen LogP contribution in [0.4, 0.5) is 10.3 Å². The zero-order chi connectivity index (χ0) is 11.1. The number of hydrogen-bond donors (Lipinski definition) is 1. The van der Waals surface area contributed by atoms with Crippen LogP contribution >= 0.6 is 0 Å². The third-order valence-electron chi connectivity index (χ3n) is 2.98. The molecule has 2 aromatic rings.